The van der Waals surface area contributed by atoms with Crippen LogP contribution in [0.5, 0.6) is 5.75 Å². The van der Waals surface area contributed by atoms with Crippen molar-refractivity contribution in [2.45, 2.75) is 12.5 Å². The summed E-state index contributed by atoms with van der Waals surface area (Å²) in [6, 6.07) is 16.7. The van der Waals surface area contributed by atoms with Crippen LogP contribution in [0.1, 0.15) is 34.1 Å². The van der Waals surface area contributed by atoms with E-state index in [1.54, 1.807) is 19.2 Å². The molecule has 4 rings (SSSR count). The van der Waals surface area contributed by atoms with Gasteiger partial charge in [-0.25, -0.2) is 0 Å². The number of benzene rings is 2. The number of methoxy groups -OCH3 is 1. The Morgan fingerprint density at radius 3 is 2.59 bits per heavy atom. The summed E-state index contributed by atoms with van der Waals surface area (Å²) in [5.74, 6) is 0.148. The molecule has 27 heavy (non-hydrogen) atoms. The highest BCUT2D eigenvalue weighted by molar-refractivity contribution is 6.00. The molecule has 1 aliphatic heterocycles. The summed E-state index contributed by atoms with van der Waals surface area (Å²) in [7, 11) is 1.66. The molecule has 0 aliphatic carbocycles. The zero-order chi connectivity index (χ0) is 18.8. The van der Waals surface area contributed by atoms with Crippen molar-refractivity contribution in [3.05, 3.63) is 71.4 Å². The number of nitrogens with one attached hydrogen (secondary N) is 1. The first-order valence-electron chi connectivity index (χ1n) is 8.93. The van der Waals surface area contributed by atoms with Gasteiger partial charge in [-0.2, -0.15) is 5.10 Å². The smallest absolute Gasteiger partial charge is 0.273 e. The topological polar surface area (TPSA) is 78.5 Å². The maximum absolute atomic E-state index is 13.0. The summed E-state index contributed by atoms with van der Waals surface area (Å²) in [6.07, 6.45) is 0.762. The third kappa shape index (κ3) is 3.08. The molecule has 0 saturated heterocycles. The van der Waals surface area contributed by atoms with Crippen LogP contribution in [0.3, 0.4) is 0 Å². The van der Waals surface area contributed by atoms with Gasteiger partial charge < -0.3 is 14.7 Å². The average molecular weight is 363 g/mol. The van der Waals surface area contributed by atoms with Crippen LogP contribution in [-0.4, -0.2) is 46.4 Å². The number of aromatic hydroxyl groups is 1. The van der Waals surface area contributed by atoms with Gasteiger partial charge in [0.25, 0.3) is 5.91 Å². The Balaban J connectivity index is 1.80. The lowest BCUT2D eigenvalue weighted by Crippen LogP contribution is -2.31. The number of phenolic OH excluding ortho intramolecular Hbond substituents is 1. The number of carbonyl (C=O) groups is 1. The van der Waals surface area contributed by atoms with Gasteiger partial charge in [0, 0.05) is 31.4 Å². The van der Waals surface area contributed by atoms with Crippen molar-refractivity contribution in [3.8, 4) is 17.0 Å². The summed E-state index contributed by atoms with van der Waals surface area (Å²) in [6.45, 7) is 1.20. The van der Waals surface area contributed by atoms with E-state index in [9.17, 15) is 9.90 Å². The Labute approximate surface area is 157 Å². The number of amides is 1. The molecular formula is C21H21N3O3. The van der Waals surface area contributed by atoms with E-state index >= 15 is 0 Å². The summed E-state index contributed by atoms with van der Waals surface area (Å²) < 4.78 is 5.16. The van der Waals surface area contributed by atoms with Crippen LogP contribution in [0, 0.1) is 0 Å². The summed E-state index contributed by atoms with van der Waals surface area (Å²) in [4.78, 5) is 14.9. The molecule has 3 aromatic rings. The first-order valence-corrected chi connectivity index (χ1v) is 8.93. The monoisotopic (exact) mass is 363 g/mol. The summed E-state index contributed by atoms with van der Waals surface area (Å²) in [5.41, 5.74) is 4.06. The zero-order valence-electron chi connectivity index (χ0n) is 15.1. The molecule has 6 nitrogen and oxygen atoms in total. The number of fused-ring (bicyclic) bond motifs is 1. The molecular weight excluding hydrogens is 342 g/mol. The zero-order valence-corrected chi connectivity index (χ0v) is 15.1. The van der Waals surface area contributed by atoms with E-state index in [1.807, 2.05) is 47.4 Å². The molecule has 1 aliphatic rings. The van der Waals surface area contributed by atoms with Gasteiger partial charge in [0.15, 0.2) is 0 Å². The van der Waals surface area contributed by atoms with Crippen molar-refractivity contribution in [2.24, 2.45) is 0 Å². The normalized spacial score (nSPS) is 16.0. The number of rotatable bonds is 6. The van der Waals surface area contributed by atoms with E-state index in [2.05, 4.69) is 10.2 Å². The van der Waals surface area contributed by atoms with Crippen LogP contribution >= 0.6 is 0 Å². The van der Waals surface area contributed by atoms with E-state index in [0.717, 1.165) is 28.8 Å². The van der Waals surface area contributed by atoms with Crippen LogP contribution in [-0.2, 0) is 4.74 Å². The highest BCUT2D eigenvalue weighted by Crippen LogP contribution is 2.42. The summed E-state index contributed by atoms with van der Waals surface area (Å²) in [5, 5.41) is 16.9. The van der Waals surface area contributed by atoms with Crippen LogP contribution < -0.4 is 0 Å². The first-order chi connectivity index (χ1) is 13.2. The van der Waals surface area contributed by atoms with E-state index in [1.165, 1.54) is 0 Å². The summed E-state index contributed by atoms with van der Waals surface area (Å²) >= 11 is 0. The lowest BCUT2D eigenvalue weighted by Gasteiger charge is -2.26. The van der Waals surface area contributed by atoms with Crippen molar-refractivity contribution in [1.82, 2.24) is 15.1 Å². The number of phenols is 1. The number of carbonyl (C=O) groups excluding carboxylic acids is 1. The van der Waals surface area contributed by atoms with Gasteiger partial charge in [-0.15, -0.1) is 0 Å². The van der Waals surface area contributed by atoms with Gasteiger partial charge in [-0.1, -0.05) is 30.3 Å². The fraction of sp³-hybridized carbons (Fsp3) is 0.238. The lowest BCUT2D eigenvalue weighted by molar-refractivity contribution is 0.0723. The van der Waals surface area contributed by atoms with Gasteiger partial charge in [-0.05, 0) is 36.2 Å². The van der Waals surface area contributed by atoms with Gasteiger partial charge in [0.1, 0.15) is 11.4 Å². The van der Waals surface area contributed by atoms with E-state index in [4.69, 9.17) is 4.74 Å². The standard InChI is InChI=1S/C21H21N3O3/c1-27-13-5-12-24-20(15-6-3-2-4-7-15)17-18(22-23-19(17)21(24)26)14-8-10-16(25)11-9-14/h2-4,6-11,20,25H,5,12-13H2,1H3,(H,22,23). The average Bonchev–Trinajstić information content (AvgIpc) is 3.23. The number of hydrogen-bond acceptors (Lipinski definition) is 4. The highest BCUT2D eigenvalue weighted by atomic mass is 16.5. The van der Waals surface area contributed by atoms with Crippen molar-refractivity contribution in [3.63, 3.8) is 0 Å². The second-order valence-corrected chi connectivity index (χ2v) is 6.57. The fourth-order valence-electron chi connectivity index (χ4n) is 3.63. The van der Waals surface area contributed by atoms with Gasteiger partial charge in [-0.3, -0.25) is 9.89 Å². The highest BCUT2D eigenvalue weighted by Gasteiger charge is 2.41. The Hall–Kier alpha value is -3.12. The first kappa shape index (κ1) is 17.3. The quantitative estimate of drug-likeness (QED) is 0.658. The predicted octanol–water partition coefficient (Wildman–Crippen LogP) is 3.36. The Bertz CT molecular complexity index is 935. The molecule has 0 spiro atoms. The van der Waals surface area contributed by atoms with Crippen LogP contribution in [0.25, 0.3) is 11.3 Å². The van der Waals surface area contributed by atoms with Crippen LogP contribution in [0.2, 0.25) is 0 Å². The predicted molar refractivity (Wildman–Crippen MR) is 102 cm³/mol. The molecule has 2 N–H and O–H groups in total. The van der Waals surface area contributed by atoms with Crippen molar-refractivity contribution in [2.75, 3.05) is 20.3 Å². The molecule has 0 bridgehead atoms. The Morgan fingerprint density at radius 1 is 1.15 bits per heavy atom. The number of H-pyrrole nitrogens is 1. The largest absolute Gasteiger partial charge is 0.508 e. The molecule has 138 valence electrons. The number of ether oxygens (including phenoxy) is 1. The van der Waals surface area contributed by atoms with Crippen molar-refractivity contribution >= 4 is 5.91 Å². The van der Waals surface area contributed by atoms with Crippen molar-refractivity contribution in [1.29, 1.82) is 0 Å². The lowest BCUT2D eigenvalue weighted by atomic mass is 9.96. The van der Waals surface area contributed by atoms with E-state index in [-0.39, 0.29) is 17.7 Å². The number of aromatic amines is 1. The minimum Gasteiger partial charge on any atom is -0.508 e. The third-order valence-electron chi connectivity index (χ3n) is 4.87. The minimum absolute atomic E-state index is 0.0486. The third-order valence-corrected chi connectivity index (χ3v) is 4.87. The number of nitrogens with zero attached hydrogens (tertiary/aromatic N) is 2. The molecule has 0 radical (unpaired) electrons. The Morgan fingerprint density at radius 2 is 1.89 bits per heavy atom. The number of aromatic nitrogens is 2. The molecule has 0 fully saturated rings. The number of hydrogen-bond donors (Lipinski definition) is 2. The molecule has 1 aromatic heterocycles. The second kappa shape index (κ2) is 7.25. The molecule has 2 heterocycles. The van der Waals surface area contributed by atoms with Gasteiger partial charge in [0.05, 0.1) is 11.7 Å². The van der Waals surface area contributed by atoms with Gasteiger partial charge >= 0.3 is 0 Å². The second-order valence-electron chi connectivity index (χ2n) is 6.57. The molecule has 6 heteroatoms. The van der Waals surface area contributed by atoms with E-state index < -0.39 is 0 Å². The molecule has 1 amide bonds. The molecule has 2 aromatic carbocycles. The maximum atomic E-state index is 13.0. The fourth-order valence-corrected chi connectivity index (χ4v) is 3.63. The van der Waals surface area contributed by atoms with Gasteiger partial charge in [0.2, 0.25) is 0 Å². The Kier molecular flexibility index (Phi) is 4.64. The molecule has 1 unspecified atom stereocenters. The molecule has 1 atom stereocenters. The van der Waals surface area contributed by atoms with E-state index in [0.29, 0.717) is 18.8 Å². The maximum Gasteiger partial charge on any atom is 0.273 e. The van der Waals surface area contributed by atoms with Crippen LogP contribution in [0.15, 0.2) is 54.6 Å². The van der Waals surface area contributed by atoms with Crippen LogP contribution in [0.4, 0.5) is 0 Å². The SMILES string of the molecule is COCCCN1C(=O)c2[nH]nc(-c3ccc(O)cc3)c2C1c1ccccc1. The minimum atomic E-state index is -0.201. The molecule has 0 saturated carbocycles. The van der Waals surface area contributed by atoms with Crippen molar-refractivity contribution < 1.29 is 14.6 Å².